The van der Waals surface area contributed by atoms with Crippen LogP contribution in [-0.4, -0.2) is 17.0 Å². The maximum absolute atomic E-state index is 12.5. The first-order valence-corrected chi connectivity index (χ1v) is 7.53. The van der Waals surface area contributed by atoms with E-state index in [2.05, 4.69) is 19.2 Å². The van der Waals surface area contributed by atoms with Gasteiger partial charge in [-0.15, -0.1) is 0 Å². The minimum Gasteiger partial charge on any atom is -0.475 e. The summed E-state index contributed by atoms with van der Waals surface area (Å²) in [6.45, 7) is 4.52. The molecule has 2 rings (SSSR count). The Bertz CT molecular complexity index is 512. The van der Waals surface area contributed by atoms with Crippen LogP contribution in [0.25, 0.3) is 0 Å². The first kappa shape index (κ1) is 15.6. The Labute approximate surface area is 124 Å². The zero-order chi connectivity index (χ0) is 15.5. The van der Waals surface area contributed by atoms with Crippen molar-refractivity contribution in [3.63, 3.8) is 0 Å². The second-order valence-corrected chi connectivity index (χ2v) is 6.34. The van der Waals surface area contributed by atoms with Gasteiger partial charge in [-0.3, -0.25) is 4.79 Å². The summed E-state index contributed by atoms with van der Waals surface area (Å²) >= 11 is 0. The highest BCUT2D eigenvalue weighted by Gasteiger charge is 2.41. The number of carboxylic acids is 1. The Morgan fingerprint density at radius 1 is 1.33 bits per heavy atom. The van der Waals surface area contributed by atoms with Crippen LogP contribution in [0.3, 0.4) is 0 Å². The first-order valence-electron chi connectivity index (χ1n) is 7.53. The SMILES string of the molecule is CC(C)CC1(C(=O)NCc2ccc(C(=O)O)o2)CCCC1. The van der Waals surface area contributed by atoms with Gasteiger partial charge in [-0.25, -0.2) is 4.79 Å². The van der Waals surface area contributed by atoms with Crippen LogP contribution in [0.1, 0.15) is 62.3 Å². The van der Waals surface area contributed by atoms with Gasteiger partial charge >= 0.3 is 5.97 Å². The number of hydrogen-bond donors (Lipinski definition) is 2. The maximum Gasteiger partial charge on any atom is 0.371 e. The number of rotatable bonds is 6. The Hall–Kier alpha value is -1.78. The molecule has 116 valence electrons. The summed E-state index contributed by atoms with van der Waals surface area (Å²) < 4.78 is 5.16. The van der Waals surface area contributed by atoms with Crippen LogP contribution in [0.2, 0.25) is 0 Å². The summed E-state index contributed by atoms with van der Waals surface area (Å²) in [7, 11) is 0. The normalized spacial score (nSPS) is 17.1. The van der Waals surface area contributed by atoms with Crippen molar-refractivity contribution in [2.24, 2.45) is 11.3 Å². The topological polar surface area (TPSA) is 79.5 Å². The summed E-state index contributed by atoms with van der Waals surface area (Å²) in [6.07, 6.45) is 4.98. The van der Waals surface area contributed by atoms with Gasteiger partial charge in [0.25, 0.3) is 0 Å². The van der Waals surface area contributed by atoms with Crippen molar-refractivity contribution in [2.45, 2.75) is 52.5 Å². The second-order valence-electron chi connectivity index (χ2n) is 6.34. The molecular weight excluding hydrogens is 270 g/mol. The standard InChI is InChI=1S/C16H23NO4/c1-11(2)9-16(7-3-4-8-16)15(20)17-10-12-5-6-13(21-12)14(18)19/h5-6,11H,3-4,7-10H2,1-2H3,(H,17,20)(H,18,19). The molecule has 1 saturated carbocycles. The van der Waals surface area contributed by atoms with Crippen molar-refractivity contribution < 1.29 is 19.1 Å². The van der Waals surface area contributed by atoms with Crippen molar-refractivity contribution in [2.75, 3.05) is 0 Å². The van der Waals surface area contributed by atoms with E-state index < -0.39 is 5.97 Å². The number of hydrogen-bond acceptors (Lipinski definition) is 3. The van der Waals surface area contributed by atoms with Crippen molar-refractivity contribution in [1.82, 2.24) is 5.32 Å². The number of nitrogens with one attached hydrogen (secondary N) is 1. The van der Waals surface area contributed by atoms with E-state index in [-0.39, 0.29) is 23.6 Å². The molecule has 1 heterocycles. The molecule has 0 saturated heterocycles. The summed E-state index contributed by atoms with van der Waals surface area (Å²) in [6, 6.07) is 3.00. The van der Waals surface area contributed by atoms with Crippen LogP contribution in [0.5, 0.6) is 0 Å². The number of carboxylic acid groups (broad SMARTS) is 1. The lowest BCUT2D eigenvalue weighted by atomic mass is 9.77. The minimum atomic E-state index is -1.10. The third kappa shape index (κ3) is 3.65. The quantitative estimate of drug-likeness (QED) is 0.844. The molecule has 0 radical (unpaired) electrons. The molecule has 0 bridgehead atoms. The lowest BCUT2D eigenvalue weighted by Crippen LogP contribution is -2.39. The average Bonchev–Trinajstić information content (AvgIpc) is 3.04. The minimum absolute atomic E-state index is 0.0713. The van der Waals surface area contributed by atoms with Gasteiger partial charge in [-0.2, -0.15) is 0 Å². The fourth-order valence-electron chi connectivity index (χ4n) is 3.30. The fraction of sp³-hybridized carbons (Fsp3) is 0.625. The predicted octanol–water partition coefficient (Wildman–Crippen LogP) is 3.20. The van der Waals surface area contributed by atoms with Crippen LogP contribution < -0.4 is 5.32 Å². The zero-order valence-corrected chi connectivity index (χ0v) is 12.6. The van der Waals surface area contributed by atoms with Gasteiger partial charge in [0.1, 0.15) is 5.76 Å². The molecule has 5 heteroatoms. The van der Waals surface area contributed by atoms with E-state index in [9.17, 15) is 9.59 Å². The second kappa shape index (κ2) is 6.33. The van der Waals surface area contributed by atoms with Gasteiger partial charge in [0.15, 0.2) is 0 Å². The molecule has 1 aliphatic rings. The Balaban J connectivity index is 1.97. The number of amides is 1. The lowest BCUT2D eigenvalue weighted by molar-refractivity contribution is -0.132. The van der Waals surface area contributed by atoms with Gasteiger partial charge in [-0.1, -0.05) is 26.7 Å². The Morgan fingerprint density at radius 3 is 2.52 bits per heavy atom. The molecule has 21 heavy (non-hydrogen) atoms. The highest BCUT2D eigenvalue weighted by Crippen LogP contribution is 2.43. The van der Waals surface area contributed by atoms with Crippen LogP contribution in [-0.2, 0) is 11.3 Å². The van der Waals surface area contributed by atoms with Crippen molar-refractivity contribution in [3.05, 3.63) is 23.7 Å². The zero-order valence-electron chi connectivity index (χ0n) is 12.6. The molecular formula is C16H23NO4. The van der Waals surface area contributed by atoms with E-state index in [1.165, 1.54) is 6.07 Å². The molecule has 1 fully saturated rings. The molecule has 0 atom stereocenters. The predicted molar refractivity (Wildman–Crippen MR) is 77.9 cm³/mol. The molecule has 0 unspecified atom stereocenters. The van der Waals surface area contributed by atoms with E-state index in [0.29, 0.717) is 11.7 Å². The molecule has 1 aromatic heterocycles. The molecule has 2 N–H and O–H groups in total. The van der Waals surface area contributed by atoms with E-state index in [4.69, 9.17) is 9.52 Å². The summed E-state index contributed by atoms with van der Waals surface area (Å²) in [4.78, 5) is 23.3. The largest absolute Gasteiger partial charge is 0.475 e. The van der Waals surface area contributed by atoms with Crippen molar-refractivity contribution in [3.8, 4) is 0 Å². The van der Waals surface area contributed by atoms with E-state index >= 15 is 0 Å². The van der Waals surface area contributed by atoms with E-state index in [1.54, 1.807) is 6.07 Å². The van der Waals surface area contributed by atoms with Crippen LogP contribution >= 0.6 is 0 Å². The smallest absolute Gasteiger partial charge is 0.371 e. The summed E-state index contributed by atoms with van der Waals surface area (Å²) in [5.74, 6) is -0.173. The Morgan fingerprint density at radius 2 is 2.00 bits per heavy atom. The third-order valence-electron chi connectivity index (χ3n) is 4.14. The molecule has 0 spiro atoms. The van der Waals surface area contributed by atoms with E-state index in [1.807, 2.05) is 0 Å². The molecule has 1 aromatic rings. The summed E-state index contributed by atoms with van der Waals surface area (Å²) in [5.41, 5.74) is -0.254. The monoisotopic (exact) mass is 293 g/mol. The van der Waals surface area contributed by atoms with Crippen LogP contribution in [0, 0.1) is 11.3 Å². The van der Waals surface area contributed by atoms with Gasteiger partial charge in [0, 0.05) is 5.41 Å². The highest BCUT2D eigenvalue weighted by molar-refractivity contribution is 5.84. The molecule has 5 nitrogen and oxygen atoms in total. The fourth-order valence-corrected chi connectivity index (χ4v) is 3.30. The third-order valence-corrected chi connectivity index (χ3v) is 4.14. The number of aromatic carboxylic acids is 1. The molecule has 0 aromatic carbocycles. The average molecular weight is 293 g/mol. The van der Waals surface area contributed by atoms with Gasteiger partial charge in [0.2, 0.25) is 11.7 Å². The van der Waals surface area contributed by atoms with Gasteiger partial charge in [0.05, 0.1) is 6.54 Å². The highest BCUT2D eigenvalue weighted by atomic mass is 16.4. The number of carbonyl (C=O) groups is 2. The first-order chi connectivity index (χ1) is 9.93. The molecule has 1 amide bonds. The summed E-state index contributed by atoms with van der Waals surface area (Å²) in [5, 5.41) is 11.7. The maximum atomic E-state index is 12.5. The van der Waals surface area contributed by atoms with E-state index in [0.717, 1.165) is 32.1 Å². The van der Waals surface area contributed by atoms with Gasteiger partial charge in [-0.05, 0) is 37.3 Å². The van der Waals surface area contributed by atoms with Crippen LogP contribution in [0.4, 0.5) is 0 Å². The molecule has 1 aliphatic carbocycles. The Kier molecular flexibility index (Phi) is 4.70. The van der Waals surface area contributed by atoms with Crippen molar-refractivity contribution >= 4 is 11.9 Å². The molecule has 0 aliphatic heterocycles. The van der Waals surface area contributed by atoms with Gasteiger partial charge < -0.3 is 14.8 Å². The van der Waals surface area contributed by atoms with Crippen molar-refractivity contribution in [1.29, 1.82) is 0 Å². The number of carbonyl (C=O) groups excluding carboxylic acids is 1. The van der Waals surface area contributed by atoms with Crippen LogP contribution in [0.15, 0.2) is 16.5 Å². The number of furan rings is 1. The lowest BCUT2D eigenvalue weighted by Gasteiger charge is -2.29.